The number of aliphatic imine (C=N–C) groups is 1. The van der Waals surface area contributed by atoms with Crippen LogP contribution in [0.4, 0.5) is 0 Å². The smallest absolute Gasteiger partial charge is 0.251 e. The highest BCUT2D eigenvalue weighted by atomic mass is 79.9. The molecule has 0 aromatic heterocycles. The van der Waals surface area contributed by atoms with Gasteiger partial charge in [0.1, 0.15) is 0 Å². The van der Waals surface area contributed by atoms with Crippen molar-refractivity contribution in [2.45, 2.75) is 13.3 Å². The Hall–Kier alpha value is -1.64. The predicted molar refractivity (Wildman–Crippen MR) is 108 cm³/mol. The molecule has 146 valence electrons. The van der Waals surface area contributed by atoms with Gasteiger partial charge in [0.25, 0.3) is 5.91 Å². The Balaban J connectivity index is 2.23. The van der Waals surface area contributed by atoms with Gasteiger partial charge in [-0.05, 0) is 31.5 Å². The number of hydrogen-bond donors (Lipinski definition) is 3. The number of carbonyl (C=O) groups excluding carboxylic acids is 1. The van der Waals surface area contributed by atoms with Crippen molar-refractivity contribution in [1.82, 2.24) is 16.0 Å². The summed E-state index contributed by atoms with van der Waals surface area (Å²) in [5, 5.41) is 9.27. The van der Waals surface area contributed by atoms with E-state index in [0.717, 1.165) is 23.4 Å². The number of nitrogens with zero attached hydrogens (tertiary/aromatic N) is 1. The summed E-state index contributed by atoms with van der Waals surface area (Å²) >= 11 is 3.36. The van der Waals surface area contributed by atoms with E-state index in [2.05, 4.69) is 36.9 Å². The highest BCUT2D eigenvalue weighted by molar-refractivity contribution is 9.10. The highest BCUT2D eigenvalue weighted by Crippen LogP contribution is 2.11. The van der Waals surface area contributed by atoms with E-state index in [1.54, 1.807) is 19.2 Å². The molecule has 8 heteroatoms. The van der Waals surface area contributed by atoms with Crippen LogP contribution in [0.3, 0.4) is 0 Å². The van der Waals surface area contributed by atoms with Crippen molar-refractivity contribution in [2.75, 3.05) is 53.1 Å². The number of amides is 1. The topological polar surface area (TPSA) is 84.0 Å². The first-order valence-corrected chi connectivity index (χ1v) is 9.59. The van der Waals surface area contributed by atoms with E-state index >= 15 is 0 Å². The number of nitrogens with one attached hydrogen (secondary N) is 3. The third-order valence-electron chi connectivity index (χ3n) is 3.28. The van der Waals surface area contributed by atoms with Crippen LogP contribution >= 0.6 is 15.9 Å². The van der Waals surface area contributed by atoms with Crippen molar-refractivity contribution >= 4 is 27.8 Å². The van der Waals surface area contributed by atoms with Crippen molar-refractivity contribution in [1.29, 1.82) is 0 Å². The molecule has 0 aliphatic rings. The Bertz CT molecular complexity index is 555. The van der Waals surface area contributed by atoms with E-state index in [0.29, 0.717) is 45.0 Å². The lowest BCUT2D eigenvalue weighted by Crippen LogP contribution is -2.41. The largest absolute Gasteiger partial charge is 0.382 e. The standard InChI is InChI=1S/C18H29BrN4O3/c1-3-20-18(22-8-5-11-26-13-12-25-2)23-10-9-21-17(24)15-6-4-7-16(19)14-15/h4,6-7,14H,3,5,8-13H2,1-2H3,(H,21,24)(H2,20,22,23). The maximum atomic E-state index is 12.1. The van der Waals surface area contributed by atoms with Gasteiger partial charge in [-0.1, -0.05) is 22.0 Å². The molecule has 0 atom stereocenters. The van der Waals surface area contributed by atoms with E-state index in [9.17, 15) is 4.79 Å². The fraction of sp³-hybridized carbons (Fsp3) is 0.556. The lowest BCUT2D eigenvalue weighted by atomic mass is 10.2. The second-order valence-corrected chi connectivity index (χ2v) is 6.33. The molecule has 3 N–H and O–H groups in total. The van der Waals surface area contributed by atoms with Gasteiger partial charge < -0.3 is 25.4 Å². The monoisotopic (exact) mass is 428 g/mol. The van der Waals surface area contributed by atoms with Gasteiger partial charge in [0.05, 0.1) is 13.2 Å². The first-order chi connectivity index (χ1) is 12.7. The Morgan fingerprint density at radius 1 is 1.15 bits per heavy atom. The second-order valence-electron chi connectivity index (χ2n) is 5.41. The second kappa shape index (κ2) is 14.5. The predicted octanol–water partition coefficient (Wildman–Crippen LogP) is 1.79. The van der Waals surface area contributed by atoms with Crippen molar-refractivity contribution in [3.05, 3.63) is 34.3 Å². The van der Waals surface area contributed by atoms with Crippen molar-refractivity contribution in [2.24, 2.45) is 4.99 Å². The Morgan fingerprint density at radius 2 is 1.96 bits per heavy atom. The van der Waals surface area contributed by atoms with Crippen LogP contribution in [0.25, 0.3) is 0 Å². The molecule has 0 fully saturated rings. The van der Waals surface area contributed by atoms with E-state index in [1.165, 1.54) is 0 Å². The number of rotatable bonds is 12. The summed E-state index contributed by atoms with van der Waals surface area (Å²) in [6.45, 7) is 6.45. The van der Waals surface area contributed by atoms with Crippen molar-refractivity contribution in [3.8, 4) is 0 Å². The van der Waals surface area contributed by atoms with E-state index < -0.39 is 0 Å². The first kappa shape index (κ1) is 22.4. The van der Waals surface area contributed by atoms with Gasteiger partial charge >= 0.3 is 0 Å². The zero-order valence-corrected chi connectivity index (χ0v) is 17.1. The molecule has 7 nitrogen and oxygen atoms in total. The minimum Gasteiger partial charge on any atom is -0.382 e. The van der Waals surface area contributed by atoms with Crippen LogP contribution < -0.4 is 16.0 Å². The van der Waals surface area contributed by atoms with Gasteiger partial charge in [0.15, 0.2) is 5.96 Å². The average molecular weight is 429 g/mol. The lowest BCUT2D eigenvalue weighted by molar-refractivity contribution is 0.0702. The average Bonchev–Trinajstić information content (AvgIpc) is 2.64. The Morgan fingerprint density at radius 3 is 2.69 bits per heavy atom. The van der Waals surface area contributed by atoms with E-state index in [4.69, 9.17) is 9.47 Å². The molecule has 26 heavy (non-hydrogen) atoms. The van der Waals surface area contributed by atoms with Crippen LogP contribution in [0.1, 0.15) is 23.7 Å². The number of hydrogen-bond acceptors (Lipinski definition) is 4. The molecule has 1 aromatic carbocycles. The summed E-state index contributed by atoms with van der Waals surface area (Å²) in [6, 6.07) is 7.31. The van der Waals surface area contributed by atoms with Gasteiger partial charge in [-0.15, -0.1) is 0 Å². The number of ether oxygens (including phenoxy) is 2. The quantitative estimate of drug-likeness (QED) is 0.268. The van der Waals surface area contributed by atoms with Crippen LogP contribution in [-0.2, 0) is 9.47 Å². The van der Waals surface area contributed by atoms with E-state index in [-0.39, 0.29) is 5.91 Å². The SMILES string of the molecule is CCNC(=NCCCOCCOC)NCCNC(=O)c1cccc(Br)c1. The minimum absolute atomic E-state index is 0.0942. The number of carbonyl (C=O) groups is 1. The third-order valence-corrected chi connectivity index (χ3v) is 3.78. The molecule has 0 unspecified atom stereocenters. The molecule has 1 aromatic rings. The van der Waals surface area contributed by atoms with Gasteiger partial charge in [-0.3, -0.25) is 9.79 Å². The van der Waals surface area contributed by atoms with Crippen LogP contribution in [-0.4, -0.2) is 65.0 Å². The first-order valence-electron chi connectivity index (χ1n) is 8.80. The maximum Gasteiger partial charge on any atom is 0.251 e. The lowest BCUT2D eigenvalue weighted by Gasteiger charge is -2.12. The van der Waals surface area contributed by atoms with Crippen LogP contribution in [0.2, 0.25) is 0 Å². The maximum absolute atomic E-state index is 12.1. The van der Waals surface area contributed by atoms with Crippen molar-refractivity contribution in [3.63, 3.8) is 0 Å². The van der Waals surface area contributed by atoms with Crippen molar-refractivity contribution < 1.29 is 14.3 Å². The molecule has 0 saturated carbocycles. The summed E-state index contributed by atoms with van der Waals surface area (Å²) in [5.41, 5.74) is 0.633. The van der Waals surface area contributed by atoms with Crippen LogP contribution in [0.15, 0.2) is 33.7 Å². The summed E-state index contributed by atoms with van der Waals surface area (Å²) < 4.78 is 11.2. The molecule has 0 spiro atoms. The molecular weight excluding hydrogens is 400 g/mol. The van der Waals surface area contributed by atoms with Crippen LogP contribution in [0, 0.1) is 0 Å². The summed E-state index contributed by atoms with van der Waals surface area (Å²) in [5.74, 6) is 0.643. The van der Waals surface area contributed by atoms with Gasteiger partial charge in [-0.2, -0.15) is 0 Å². The number of guanidine groups is 1. The zero-order chi connectivity index (χ0) is 19.0. The Labute approximate surface area is 164 Å². The fourth-order valence-electron chi connectivity index (χ4n) is 2.03. The van der Waals surface area contributed by atoms with Gasteiger partial charge in [0, 0.05) is 49.9 Å². The molecule has 0 aliphatic carbocycles. The van der Waals surface area contributed by atoms with Crippen LogP contribution in [0.5, 0.6) is 0 Å². The molecule has 0 saturated heterocycles. The molecule has 1 amide bonds. The molecular formula is C18H29BrN4O3. The normalized spacial score (nSPS) is 11.3. The highest BCUT2D eigenvalue weighted by Gasteiger charge is 2.05. The van der Waals surface area contributed by atoms with Gasteiger partial charge in [-0.25, -0.2) is 0 Å². The number of methoxy groups -OCH3 is 1. The number of halogens is 1. The fourth-order valence-corrected chi connectivity index (χ4v) is 2.43. The molecule has 0 bridgehead atoms. The summed E-state index contributed by atoms with van der Waals surface area (Å²) in [7, 11) is 1.66. The molecule has 0 aliphatic heterocycles. The van der Waals surface area contributed by atoms with Gasteiger partial charge in [0.2, 0.25) is 0 Å². The summed E-state index contributed by atoms with van der Waals surface area (Å²) in [6.07, 6.45) is 0.847. The zero-order valence-electron chi connectivity index (χ0n) is 15.5. The molecule has 1 rings (SSSR count). The summed E-state index contributed by atoms with van der Waals surface area (Å²) in [4.78, 5) is 16.5. The number of benzene rings is 1. The molecule has 0 radical (unpaired) electrons. The van der Waals surface area contributed by atoms with E-state index in [1.807, 2.05) is 19.1 Å². The molecule has 0 heterocycles. The minimum atomic E-state index is -0.0942. The Kier molecular flexibility index (Phi) is 12.5. The third kappa shape index (κ3) is 10.4.